The molecule has 1 aliphatic heterocycles. The Morgan fingerprint density at radius 3 is 2.04 bits per heavy atom. The Morgan fingerprint density at radius 1 is 1.11 bits per heavy atom. The Labute approximate surface area is 163 Å². The van der Waals surface area contributed by atoms with E-state index in [1.165, 1.54) is 26.0 Å². The van der Waals surface area contributed by atoms with Crippen molar-refractivity contribution >= 4 is 23.7 Å². The first-order chi connectivity index (χ1) is 13.0. The molecule has 2 rings (SSSR count). The molecule has 0 spiro atoms. The van der Waals surface area contributed by atoms with Crippen LogP contribution in [0.15, 0.2) is 24.3 Å². The summed E-state index contributed by atoms with van der Waals surface area (Å²) in [4.78, 5) is 50.5. The Morgan fingerprint density at radius 2 is 1.61 bits per heavy atom. The van der Waals surface area contributed by atoms with E-state index in [0.717, 1.165) is 4.90 Å². The number of carbonyl (C=O) groups excluding carboxylic acids is 4. The minimum absolute atomic E-state index is 0.165. The molecular weight excluding hydrogens is 362 g/mol. The highest BCUT2D eigenvalue weighted by Gasteiger charge is 2.42. The molecule has 0 radical (unpaired) electrons. The molecule has 3 unspecified atom stereocenters. The molecule has 28 heavy (non-hydrogen) atoms. The molecule has 1 heterocycles. The molecule has 148 valence electrons. The van der Waals surface area contributed by atoms with Gasteiger partial charge in [-0.1, -0.05) is 26.0 Å². The fourth-order valence-electron chi connectivity index (χ4n) is 2.65. The van der Waals surface area contributed by atoms with Gasteiger partial charge in [0.1, 0.15) is 11.6 Å². The van der Waals surface area contributed by atoms with Crippen molar-refractivity contribution in [2.45, 2.75) is 52.3 Å². The Bertz CT molecular complexity index is 838. The molecule has 0 bridgehead atoms. The first-order valence-electron chi connectivity index (χ1n) is 8.94. The van der Waals surface area contributed by atoms with Crippen LogP contribution in [0.4, 0.5) is 0 Å². The van der Waals surface area contributed by atoms with Gasteiger partial charge in [0.2, 0.25) is 0 Å². The van der Waals surface area contributed by atoms with Gasteiger partial charge >= 0.3 is 5.97 Å². The second kappa shape index (κ2) is 7.80. The van der Waals surface area contributed by atoms with Gasteiger partial charge in [-0.15, -0.1) is 0 Å². The summed E-state index contributed by atoms with van der Waals surface area (Å²) in [7, 11) is 0. The molecule has 0 saturated heterocycles. The van der Waals surface area contributed by atoms with Crippen molar-refractivity contribution in [2.24, 2.45) is 5.92 Å². The van der Waals surface area contributed by atoms with Crippen LogP contribution in [0.25, 0.3) is 0 Å². The lowest BCUT2D eigenvalue weighted by atomic mass is 9.90. The summed E-state index contributed by atoms with van der Waals surface area (Å²) in [5.41, 5.74) is -0.675. The van der Waals surface area contributed by atoms with Crippen molar-refractivity contribution in [1.29, 1.82) is 5.26 Å². The first kappa shape index (κ1) is 21.1. The lowest BCUT2D eigenvalue weighted by Crippen LogP contribution is -2.53. The zero-order valence-corrected chi connectivity index (χ0v) is 16.5. The molecule has 1 N–H and O–H groups in total. The quantitative estimate of drug-likeness (QED) is 0.588. The number of hydrogen-bond acceptors (Lipinski definition) is 6. The lowest BCUT2D eigenvalue weighted by Gasteiger charge is -2.29. The zero-order valence-electron chi connectivity index (χ0n) is 16.5. The third kappa shape index (κ3) is 3.74. The summed E-state index contributed by atoms with van der Waals surface area (Å²) < 4.78 is 5.15. The number of carbonyl (C=O) groups is 4. The van der Waals surface area contributed by atoms with E-state index in [4.69, 9.17) is 4.74 Å². The van der Waals surface area contributed by atoms with Crippen molar-refractivity contribution in [1.82, 2.24) is 10.2 Å². The molecule has 0 aliphatic carbocycles. The maximum absolute atomic E-state index is 12.5. The average molecular weight is 385 g/mol. The first-order valence-corrected chi connectivity index (χ1v) is 8.94. The summed E-state index contributed by atoms with van der Waals surface area (Å²) in [6.07, 6.45) is -1.20. The van der Waals surface area contributed by atoms with Crippen LogP contribution in [0.3, 0.4) is 0 Å². The van der Waals surface area contributed by atoms with E-state index >= 15 is 0 Å². The highest BCUT2D eigenvalue weighted by molar-refractivity contribution is 6.22. The predicted molar refractivity (Wildman–Crippen MR) is 99.0 cm³/mol. The Balaban J connectivity index is 2.07. The van der Waals surface area contributed by atoms with E-state index in [-0.39, 0.29) is 17.0 Å². The highest BCUT2D eigenvalue weighted by Crippen LogP contribution is 2.25. The van der Waals surface area contributed by atoms with Crippen LogP contribution < -0.4 is 5.32 Å². The third-order valence-corrected chi connectivity index (χ3v) is 4.99. The number of benzene rings is 1. The summed E-state index contributed by atoms with van der Waals surface area (Å²) in [5, 5.41) is 11.9. The molecule has 1 aliphatic rings. The van der Waals surface area contributed by atoms with Gasteiger partial charge in [-0.05, 0) is 38.8 Å². The normalized spacial score (nSPS) is 17.4. The zero-order chi connectivity index (χ0) is 21.2. The van der Waals surface area contributed by atoms with E-state index in [9.17, 15) is 24.4 Å². The van der Waals surface area contributed by atoms with Crippen LogP contribution in [0.5, 0.6) is 0 Å². The number of rotatable bonds is 6. The van der Waals surface area contributed by atoms with Gasteiger partial charge in [0, 0.05) is 0 Å². The van der Waals surface area contributed by atoms with Crippen molar-refractivity contribution in [3.63, 3.8) is 0 Å². The van der Waals surface area contributed by atoms with Crippen LogP contribution in [0.1, 0.15) is 55.3 Å². The van der Waals surface area contributed by atoms with Crippen LogP contribution >= 0.6 is 0 Å². The molecule has 0 fully saturated rings. The fraction of sp³-hybridized carbons (Fsp3) is 0.450. The maximum atomic E-state index is 12.5. The number of imide groups is 1. The van der Waals surface area contributed by atoms with Gasteiger partial charge in [0.25, 0.3) is 17.7 Å². The Hall–Kier alpha value is -3.21. The molecule has 8 nitrogen and oxygen atoms in total. The number of nitriles is 1. The van der Waals surface area contributed by atoms with E-state index in [2.05, 4.69) is 5.32 Å². The Kier molecular flexibility index (Phi) is 5.88. The van der Waals surface area contributed by atoms with Crippen LogP contribution in [-0.4, -0.2) is 46.3 Å². The number of nitrogens with one attached hydrogen (secondary N) is 1. The molecular formula is C20H23N3O5. The number of ether oxygens (including phenoxy) is 1. The number of amides is 3. The second-order valence-electron chi connectivity index (χ2n) is 7.24. The van der Waals surface area contributed by atoms with Crippen molar-refractivity contribution in [3.8, 4) is 6.07 Å². The maximum Gasteiger partial charge on any atom is 0.329 e. The van der Waals surface area contributed by atoms with Crippen molar-refractivity contribution in [3.05, 3.63) is 35.4 Å². The number of hydrogen-bond donors (Lipinski definition) is 1. The largest absolute Gasteiger partial charge is 0.451 e. The molecule has 8 heteroatoms. The second-order valence-corrected chi connectivity index (χ2v) is 7.24. The van der Waals surface area contributed by atoms with Crippen molar-refractivity contribution in [2.75, 3.05) is 0 Å². The topological polar surface area (TPSA) is 117 Å². The predicted octanol–water partition coefficient (Wildman–Crippen LogP) is 1.66. The van der Waals surface area contributed by atoms with Crippen LogP contribution in [0.2, 0.25) is 0 Å². The van der Waals surface area contributed by atoms with E-state index in [1.54, 1.807) is 32.9 Å². The SMILES string of the molecule is CC(OC(=O)C(C)N1C(=O)c2ccccc2C1=O)C(=O)NC(C)(C#N)C(C)C. The van der Waals surface area contributed by atoms with Crippen LogP contribution in [0, 0.1) is 17.2 Å². The third-order valence-electron chi connectivity index (χ3n) is 4.99. The summed E-state index contributed by atoms with van der Waals surface area (Å²) in [6.45, 7) is 7.86. The van der Waals surface area contributed by atoms with Gasteiger partial charge in [-0.3, -0.25) is 19.3 Å². The summed E-state index contributed by atoms with van der Waals surface area (Å²) in [5.74, 6) is -2.86. The van der Waals surface area contributed by atoms with Gasteiger partial charge in [0.05, 0.1) is 17.2 Å². The van der Waals surface area contributed by atoms with Crippen molar-refractivity contribution < 1.29 is 23.9 Å². The average Bonchev–Trinajstić information content (AvgIpc) is 2.91. The van der Waals surface area contributed by atoms with E-state index < -0.39 is 41.4 Å². The van der Waals surface area contributed by atoms with E-state index in [1.807, 2.05) is 6.07 Å². The highest BCUT2D eigenvalue weighted by atomic mass is 16.5. The number of fused-ring (bicyclic) bond motifs is 1. The van der Waals surface area contributed by atoms with Gasteiger partial charge in [-0.25, -0.2) is 4.79 Å². The summed E-state index contributed by atoms with van der Waals surface area (Å²) in [6, 6.07) is 7.12. The van der Waals surface area contributed by atoms with Gasteiger partial charge in [0.15, 0.2) is 6.10 Å². The minimum Gasteiger partial charge on any atom is -0.451 e. The molecule has 0 aromatic heterocycles. The smallest absolute Gasteiger partial charge is 0.329 e. The monoisotopic (exact) mass is 385 g/mol. The molecule has 1 aromatic carbocycles. The van der Waals surface area contributed by atoms with Gasteiger partial charge < -0.3 is 10.1 Å². The molecule has 0 saturated carbocycles. The number of nitrogens with zero attached hydrogens (tertiary/aromatic N) is 2. The minimum atomic E-state index is -1.20. The van der Waals surface area contributed by atoms with E-state index in [0.29, 0.717) is 0 Å². The van der Waals surface area contributed by atoms with Crippen LogP contribution in [-0.2, 0) is 14.3 Å². The fourth-order valence-corrected chi connectivity index (χ4v) is 2.65. The molecule has 3 atom stereocenters. The van der Waals surface area contributed by atoms with Gasteiger partial charge in [-0.2, -0.15) is 5.26 Å². The standard InChI is InChI=1S/C20H23N3O5/c1-11(2)20(5,10-21)22-16(24)13(4)28-19(27)12(3)23-17(25)14-8-6-7-9-15(14)18(23)26/h6-9,11-13H,1-5H3,(H,22,24). The molecule has 3 amide bonds. The lowest BCUT2D eigenvalue weighted by molar-refractivity contribution is -0.158. The number of esters is 1. The molecule has 1 aromatic rings. The summed E-state index contributed by atoms with van der Waals surface area (Å²) >= 11 is 0.